The molecule has 0 aromatic carbocycles. The molecule has 0 bridgehead atoms. The molecule has 23 heavy (non-hydrogen) atoms. The molecule has 5 nitrogen and oxygen atoms in total. The van der Waals surface area contributed by atoms with E-state index in [0.29, 0.717) is 24.3 Å². The first kappa shape index (κ1) is 17.9. The Hall–Kier alpha value is -1.43. The summed E-state index contributed by atoms with van der Waals surface area (Å²) in [7, 11) is 0. The van der Waals surface area contributed by atoms with E-state index in [0.717, 1.165) is 36.6 Å². The zero-order chi connectivity index (χ0) is 16.7. The molecule has 1 saturated heterocycles. The SMILES string of the molecule is CC(C)CC(C)Oc1cc(CN=C(N)N2CCSCC2)ccn1. The van der Waals surface area contributed by atoms with Gasteiger partial charge in [0.15, 0.2) is 5.96 Å². The van der Waals surface area contributed by atoms with E-state index in [1.54, 1.807) is 6.20 Å². The molecule has 1 unspecified atom stereocenters. The van der Waals surface area contributed by atoms with Crippen molar-refractivity contribution in [3.05, 3.63) is 23.9 Å². The van der Waals surface area contributed by atoms with Crippen LogP contribution in [0.2, 0.25) is 0 Å². The van der Waals surface area contributed by atoms with Crippen LogP contribution in [0, 0.1) is 5.92 Å². The Morgan fingerprint density at radius 1 is 1.39 bits per heavy atom. The third-order valence-electron chi connectivity index (χ3n) is 3.68. The number of pyridine rings is 1. The van der Waals surface area contributed by atoms with Gasteiger partial charge in [-0.1, -0.05) is 13.8 Å². The van der Waals surface area contributed by atoms with Crippen LogP contribution in [0.3, 0.4) is 0 Å². The van der Waals surface area contributed by atoms with Gasteiger partial charge in [0.1, 0.15) is 0 Å². The number of thioether (sulfide) groups is 1. The zero-order valence-electron chi connectivity index (χ0n) is 14.4. The first-order valence-corrected chi connectivity index (χ1v) is 9.44. The summed E-state index contributed by atoms with van der Waals surface area (Å²) >= 11 is 1.97. The van der Waals surface area contributed by atoms with Gasteiger partial charge in [0.05, 0.1) is 12.6 Å². The fourth-order valence-electron chi connectivity index (χ4n) is 2.60. The second-order valence-corrected chi connectivity index (χ2v) is 7.56. The lowest BCUT2D eigenvalue weighted by Crippen LogP contribution is -2.42. The first-order valence-electron chi connectivity index (χ1n) is 8.29. The van der Waals surface area contributed by atoms with E-state index in [-0.39, 0.29) is 6.10 Å². The minimum Gasteiger partial charge on any atom is -0.475 e. The summed E-state index contributed by atoms with van der Waals surface area (Å²) in [6.07, 6.45) is 2.96. The number of guanidine groups is 1. The largest absolute Gasteiger partial charge is 0.475 e. The predicted octanol–water partition coefficient (Wildman–Crippen LogP) is 2.76. The molecule has 1 aromatic heterocycles. The van der Waals surface area contributed by atoms with E-state index in [1.807, 2.05) is 23.9 Å². The molecular weight excluding hydrogens is 308 g/mol. The van der Waals surface area contributed by atoms with Crippen LogP contribution in [0.5, 0.6) is 5.88 Å². The van der Waals surface area contributed by atoms with Gasteiger partial charge in [-0.2, -0.15) is 11.8 Å². The average Bonchev–Trinajstić information content (AvgIpc) is 2.53. The maximum atomic E-state index is 6.09. The second-order valence-electron chi connectivity index (χ2n) is 6.33. The Morgan fingerprint density at radius 2 is 2.13 bits per heavy atom. The summed E-state index contributed by atoms with van der Waals surface area (Å²) < 4.78 is 5.88. The number of rotatable bonds is 6. The summed E-state index contributed by atoms with van der Waals surface area (Å²) in [5.41, 5.74) is 7.16. The van der Waals surface area contributed by atoms with Crippen LogP contribution < -0.4 is 10.5 Å². The number of hydrogen-bond acceptors (Lipinski definition) is 4. The molecule has 0 aliphatic carbocycles. The maximum Gasteiger partial charge on any atom is 0.213 e. The van der Waals surface area contributed by atoms with Crippen molar-refractivity contribution in [3.63, 3.8) is 0 Å². The lowest BCUT2D eigenvalue weighted by Gasteiger charge is -2.27. The molecule has 2 rings (SSSR count). The van der Waals surface area contributed by atoms with Gasteiger partial charge in [-0.15, -0.1) is 0 Å². The van der Waals surface area contributed by atoms with E-state index in [4.69, 9.17) is 10.5 Å². The van der Waals surface area contributed by atoms with Gasteiger partial charge in [-0.3, -0.25) is 0 Å². The Labute approximate surface area is 143 Å². The summed E-state index contributed by atoms with van der Waals surface area (Å²) in [5, 5.41) is 0. The van der Waals surface area contributed by atoms with E-state index in [9.17, 15) is 0 Å². The van der Waals surface area contributed by atoms with E-state index in [2.05, 4.69) is 35.6 Å². The van der Waals surface area contributed by atoms with Gasteiger partial charge in [-0.05, 0) is 30.9 Å². The molecule has 0 radical (unpaired) electrons. The van der Waals surface area contributed by atoms with Crippen molar-refractivity contribution in [2.45, 2.75) is 39.8 Å². The van der Waals surface area contributed by atoms with Crippen molar-refractivity contribution in [2.24, 2.45) is 16.6 Å². The number of ether oxygens (including phenoxy) is 1. The second kappa shape index (κ2) is 9.01. The third-order valence-corrected chi connectivity index (χ3v) is 4.63. The molecule has 1 aromatic rings. The highest BCUT2D eigenvalue weighted by atomic mass is 32.2. The molecule has 1 aliphatic heterocycles. The van der Waals surface area contributed by atoms with Crippen molar-refractivity contribution in [2.75, 3.05) is 24.6 Å². The Balaban J connectivity index is 1.91. The van der Waals surface area contributed by atoms with Gasteiger partial charge < -0.3 is 15.4 Å². The van der Waals surface area contributed by atoms with E-state index < -0.39 is 0 Å². The van der Waals surface area contributed by atoms with Gasteiger partial charge >= 0.3 is 0 Å². The smallest absolute Gasteiger partial charge is 0.213 e. The van der Waals surface area contributed by atoms with Crippen LogP contribution in [0.15, 0.2) is 23.3 Å². The van der Waals surface area contributed by atoms with Crippen molar-refractivity contribution in [1.82, 2.24) is 9.88 Å². The topological polar surface area (TPSA) is 63.7 Å². The maximum absolute atomic E-state index is 6.09. The molecule has 1 fully saturated rings. The molecule has 0 saturated carbocycles. The number of hydrogen-bond donors (Lipinski definition) is 1. The molecule has 1 aliphatic rings. The molecule has 2 N–H and O–H groups in total. The third kappa shape index (κ3) is 6.29. The van der Waals surface area contributed by atoms with Crippen molar-refractivity contribution in [3.8, 4) is 5.88 Å². The van der Waals surface area contributed by atoms with Crippen molar-refractivity contribution < 1.29 is 4.74 Å². The number of aliphatic imine (C=N–C) groups is 1. The molecule has 0 spiro atoms. The Bertz CT molecular complexity index is 515. The molecule has 128 valence electrons. The monoisotopic (exact) mass is 336 g/mol. The minimum atomic E-state index is 0.164. The fourth-order valence-corrected chi connectivity index (χ4v) is 3.50. The summed E-state index contributed by atoms with van der Waals surface area (Å²) in [4.78, 5) is 11.0. The van der Waals surface area contributed by atoms with Crippen LogP contribution in [0.1, 0.15) is 32.8 Å². The highest BCUT2D eigenvalue weighted by molar-refractivity contribution is 7.99. The zero-order valence-corrected chi connectivity index (χ0v) is 15.2. The highest BCUT2D eigenvalue weighted by Crippen LogP contribution is 2.15. The highest BCUT2D eigenvalue weighted by Gasteiger charge is 2.12. The van der Waals surface area contributed by atoms with Crippen LogP contribution in [0.25, 0.3) is 0 Å². The van der Waals surface area contributed by atoms with E-state index in [1.165, 1.54) is 0 Å². The summed E-state index contributed by atoms with van der Waals surface area (Å²) in [6.45, 7) is 9.00. The average molecular weight is 337 g/mol. The molecule has 2 heterocycles. The lowest BCUT2D eigenvalue weighted by atomic mass is 10.1. The Kier molecular flexibility index (Phi) is 7.02. The van der Waals surface area contributed by atoms with Crippen LogP contribution >= 0.6 is 11.8 Å². The minimum absolute atomic E-state index is 0.164. The van der Waals surface area contributed by atoms with Gasteiger partial charge in [-0.25, -0.2) is 9.98 Å². The Morgan fingerprint density at radius 3 is 2.83 bits per heavy atom. The normalized spacial score (nSPS) is 17.4. The molecule has 0 amide bonds. The van der Waals surface area contributed by atoms with Crippen molar-refractivity contribution in [1.29, 1.82) is 0 Å². The van der Waals surface area contributed by atoms with Crippen LogP contribution in [-0.4, -0.2) is 46.5 Å². The number of nitrogens with zero attached hydrogens (tertiary/aromatic N) is 3. The quantitative estimate of drug-likeness (QED) is 0.639. The van der Waals surface area contributed by atoms with E-state index >= 15 is 0 Å². The van der Waals surface area contributed by atoms with Crippen LogP contribution in [-0.2, 0) is 6.54 Å². The molecule has 1 atom stereocenters. The lowest BCUT2D eigenvalue weighted by molar-refractivity contribution is 0.185. The summed E-state index contributed by atoms with van der Waals surface area (Å²) in [5.74, 6) is 4.16. The molecular formula is C17H28N4OS. The van der Waals surface area contributed by atoms with Gasteiger partial charge in [0.2, 0.25) is 5.88 Å². The van der Waals surface area contributed by atoms with Crippen molar-refractivity contribution >= 4 is 17.7 Å². The van der Waals surface area contributed by atoms with Crippen LogP contribution in [0.4, 0.5) is 0 Å². The van der Waals surface area contributed by atoms with Gasteiger partial charge in [0.25, 0.3) is 0 Å². The summed E-state index contributed by atoms with van der Waals surface area (Å²) in [6, 6.07) is 3.92. The number of aromatic nitrogens is 1. The fraction of sp³-hybridized carbons (Fsp3) is 0.647. The predicted molar refractivity (Wildman–Crippen MR) is 98.0 cm³/mol. The first-order chi connectivity index (χ1) is 11.0. The standard InChI is InChI=1S/C17H28N4OS/c1-13(2)10-14(3)22-16-11-15(4-5-19-16)12-20-17(18)21-6-8-23-9-7-21/h4-5,11,13-14H,6-10,12H2,1-3H3,(H2,18,20). The van der Waals surface area contributed by atoms with Gasteiger partial charge in [0, 0.05) is 36.9 Å². The number of nitrogens with two attached hydrogens (primary N) is 1. The molecule has 6 heteroatoms.